The quantitative estimate of drug-likeness (QED) is 0.897. The van der Waals surface area contributed by atoms with Crippen LogP contribution in [0.25, 0.3) is 11.3 Å². The van der Waals surface area contributed by atoms with Gasteiger partial charge in [0, 0.05) is 48.7 Å². The Hall–Kier alpha value is -1.69. The number of hydrogen-bond acceptors (Lipinski definition) is 4. The molecule has 2 aliphatic heterocycles. The van der Waals surface area contributed by atoms with E-state index >= 15 is 0 Å². The van der Waals surface area contributed by atoms with Crippen LogP contribution >= 0.6 is 0 Å². The molecular weight excluding hydrogens is 314 g/mol. The second kappa shape index (κ2) is 6.56. The Labute approximate surface area is 149 Å². The number of ether oxygens (including phenoxy) is 1. The first-order chi connectivity index (χ1) is 12.1. The third-order valence-corrected chi connectivity index (χ3v) is 6.04. The molecule has 25 heavy (non-hydrogen) atoms. The lowest BCUT2D eigenvalue weighted by Gasteiger charge is -2.36. The summed E-state index contributed by atoms with van der Waals surface area (Å²) in [6.45, 7) is 8.84. The van der Waals surface area contributed by atoms with Crippen LogP contribution < -0.4 is 0 Å². The number of nitrogens with zero attached hydrogens (tertiary/aromatic N) is 2. The lowest BCUT2D eigenvalue weighted by Crippen LogP contribution is -2.41. The average Bonchev–Trinajstić information content (AvgIpc) is 3.21. The number of H-pyrrole nitrogens is 1. The Bertz CT molecular complexity index is 757. The average molecular weight is 341 g/mol. The summed E-state index contributed by atoms with van der Waals surface area (Å²) in [5.41, 5.74) is 6.09. The Morgan fingerprint density at radius 1 is 1.40 bits per heavy atom. The Morgan fingerprint density at radius 2 is 2.28 bits per heavy atom. The highest BCUT2D eigenvalue weighted by molar-refractivity contribution is 5.67. The molecule has 3 heterocycles. The molecule has 0 aliphatic carbocycles. The van der Waals surface area contributed by atoms with E-state index in [1.54, 1.807) is 0 Å². The molecule has 2 atom stereocenters. The van der Waals surface area contributed by atoms with Crippen molar-refractivity contribution in [3.63, 3.8) is 0 Å². The van der Waals surface area contributed by atoms with Gasteiger partial charge in [-0.1, -0.05) is 17.7 Å². The van der Waals surface area contributed by atoms with E-state index in [0.29, 0.717) is 5.92 Å². The Morgan fingerprint density at radius 3 is 3.08 bits per heavy atom. The van der Waals surface area contributed by atoms with Gasteiger partial charge in [0.05, 0.1) is 25.1 Å². The number of nitrogens with one attached hydrogen (secondary N) is 1. The van der Waals surface area contributed by atoms with E-state index in [-0.39, 0.29) is 12.0 Å². The minimum absolute atomic E-state index is 0.0153. The molecular formula is C20H27N3O2. The van der Waals surface area contributed by atoms with Gasteiger partial charge < -0.3 is 9.84 Å². The molecule has 1 aromatic heterocycles. The summed E-state index contributed by atoms with van der Waals surface area (Å²) >= 11 is 0. The fourth-order valence-corrected chi connectivity index (χ4v) is 4.45. The van der Waals surface area contributed by atoms with Crippen LogP contribution in [0, 0.1) is 25.2 Å². The minimum atomic E-state index is 0.0153. The number of aromatic amines is 1. The molecule has 4 rings (SSSR count). The minimum Gasteiger partial charge on any atom is -0.396 e. The summed E-state index contributed by atoms with van der Waals surface area (Å²) in [5, 5.41) is 17.5. The highest BCUT2D eigenvalue weighted by Crippen LogP contribution is 2.42. The number of aryl methyl sites for hydroxylation is 2. The van der Waals surface area contributed by atoms with Crippen LogP contribution in [-0.2, 0) is 11.3 Å². The third-order valence-electron chi connectivity index (χ3n) is 6.04. The van der Waals surface area contributed by atoms with Gasteiger partial charge in [-0.05, 0) is 31.9 Å². The third kappa shape index (κ3) is 3.01. The first kappa shape index (κ1) is 16.8. The van der Waals surface area contributed by atoms with Crippen LogP contribution in [0.4, 0.5) is 0 Å². The Balaban J connectivity index is 1.57. The number of likely N-dealkylation sites (tertiary alicyclic amines) is 1. The summed E-state index contributed by atoms with van der Waals surface area (Å²) in [6, 6.07) is 6.53. The van der Waals surface area contributed by atoms with E-state index in [2.05, 4.69) is 47.1 Å². The number of fused-ring (bicyclic) bond motifs is 1. The standard InChI is InChI=1S/C20H27N3O2/c1-14-3-4-15(2)18(7-14)19-16(8-21-22-19)9-23-10-17-11-25-6-5-20(17,12-23)13-24/h3-4,7-8,17,24H,5-6,9-13H2,1-2H3,(H,21,22)/t17-,20-/m1/s1. The van der Waals surface area contributed by atoms with Crippen molar-refractivity contribution < 1.29 is 9.84 Å². The van der Waals surface area contributed by atoms with E-state index in [1.165, 1.54) is 22.3 Å². The highest BCUT2D eigenvalue weighted by Gasteiger charge is 2.47. The van der Waals surface area contributed by atoms with Gasteiger partial charge in [-0.15, -0.1) is 0 Å². The molecule has 2 fully saturated rings. The van der Waals surface area contributed by atoms with E-state index in [0.717, 1.165) is 45.0 Å². The van der Waals surface area contributed by atoms with Crippen molar-refractivity contribution in [3.05, 3.63) is 41.1 Å². The van der Waals surface area contributed by atoms with Crippen LogP contribution in [0.5, 0.6) is 0 Å². The molecule has 0 bridgehead atoms. The maximum Gasteiger partial charge on any atom is 0.0698 e. The molecule has 0 saturated carbocycles. The Kier molecular flexibility index (Phi) is 4.40. The summed E-state index contributed by atoms with van der Waals surface area (Å²) < 4.78 is 5.66. The van der Waals surface area contributed by atoms with Crippen molar-refractivity contribution in [2.75, 3.05) is 32.9 Å². The van der Waals surface area contributed by atoms with Crippen LogP contribution in [0.1, 0.15) is 23.1 Å². The SMILES string of the molecule is Cc1ccc(C)c(-c2[nH]ncc2CN2C[C@@H]3COCC[C@]3(CO)C2)c1. The zero-order valence-electron chi connectivity index (χ0n) is 15.1. The first-order valence-electron chi connectivity index (χ1n) is 9.12. The van der Waals surface area contributed by atoms with Crippen molar-refractivity contribution in [1.29, 1.82) is 0 Å². The molecule has 2 N–H and O–H groups in total. The topological polar surface area (TPSA) is 61.4 Å². The van der Waals surface area contributed by atoms with Crippen molar-refractivity contribution >= 4 is 0 Å². The molecule has 2 aliphatic rings. The second-order valence-corrected chi connectivity index (χ2v) is 7.80. The summed E-state index contributed by atoms with van der Waals surface area (Å²) in [5.74, 6) is 0.433. The number of aliphatic hydroxyl groups is 1. The molecule has 5 heteroatoms. The van der Waals surface area contributed by atoms with Gasteiger partial charge in [0.2, 0.25) is 0 Å². The van der Waals surface area contributed by atoms with Crippen LogP contribution in [0.2, 0.25) is 0 Å². The molecule has 0 spiro atoms. The number of rotatable bonds is 4. The zero-order valence-corrected chi connectivity index (χ0v) is 15.1. The lowest BCUT2D eigenvalue weighted by molar-refractivity contribution is -0.0417. The normalized spacial score (nSPS) is 26.8. The number of hydrogen-bond donors (Lipinski definition) is 2. The highest BCUT2D eigenvalue weighted by atomic mass is 16.5. The van der Waals surface area contributed by atoms with Crippen LogP contribution in [0.3, 0.4) is 0 Å². The molecule has 134 valence electrons. The summed E-state index contributed by atoms with van der Waals surface area (Å²) in [6.07, 6.45) is 2.90. The van der Waals surface area contributed by atoms with Crippen molar-refractivity contribution in [2.24, 2.45) is 11.3 Å². The van der Waals surface area contributed by atoms with Gasteiger partial charge in [-0.25, -0.2) is 0 Å². The molecule has 1 aromatic carbocycles. The molecule has 5 nitrogen and oxygen atoms in total. The molecule has 0 amide bonds. The predicted octanol–water partition coefficient (Wildman–Crippen LogP) is 2.52. The molecule has 2 saturated heterocycles. The van der Waals surface area contributed by atoms with Gasteiger partial charge >= 0.3 is 0 Å². The van der Waals surface area contributed by atoms with E-state index in [1.807, 2.05) is 6.20 Å². The maximum atomic E-state index is 9.99. The molecule has 0 unspecified atom stereocenters. The predicted molar refractivity (Wildman–Crippen MR) is 97.2 cm³/mol. The summed E-state index contributed by atoms with van der Waals surface area (Å²) in [4.78, 5) is 2.45. The van der Waals surface area contributed by atoms with Crippen molar-refractivity contribution in [3.8, 4) is 11.3 Å². The van der Waals surface area contributed by atoms with Crippen LogP contribution in [0.15, 0.2) is 24.4 Å². The molecule has 2 aromatic rings. The fraction of sp³-hybridized carbons (Fsp3) is 0.550. The van der Waals surface area contributed by atoms with Gasteiger partial charge in [0.1, 0.15) is 0 Å². The van der Waals surface area contributed by atoms with E-state index < -0.39 is 0 Å². The number of aliphatic hydroxyl groups excluding tert-OH is 1. The van der Waals surface area contributed by atoms with E-state index in [4.69, 9.17) is 4.74 Å². The molecule has 0 radical (unpaired) electrons. The van der Waals surface area contributed by atoms with Gasteiger partial charge in [-0.3, -0.25) is 10.00 Å². The van der Waals surface area contributed by atoms with Crippen LogP contribution in [-0.4, -0.2) is 53.1 Å². The number of aromatic nitrogens is 2. The van der Waals surface area contributed by atoms with Crippen molar-refractivity contribution in [1.82, 2.24) is 15.1 Å². The number of benzene rings is 1. The second-order valence-electron chi connectivity index (χ2n) is 7.80. The zero-order chi connectivity index (χ0) is 17.4. The monoisotopic (exact) mass is 341 g/mol. The fourth-order valence-electron chi connectivity index (χ4n) is 4.45. The van der Waals surface area contributed by atoms with Gasteiger partial charge in [0.25, 0.3) is 0 Å². The lowest BCUT2D eigenvalue weighted by atomic mass is 9.75. The largest absolute Gasteiger partial charge is 0.396 e. The summed E-state index contributed by atoms with van der Waals surface area (Å²) in [7, 11) is 0. The van der Waals surface area contributed by atoms with Gasteiger partial charge in [0.15, 0.2) is 0 Å². The van der Waals surface area contributed by atoms with Crippen molar-refractivity contribution in [2.45, 2.75) is 26.8 Å². The first-order valence-corrected chi connectivity index (χ1v) is 9.12. The van der Waals surface area contributed by atoms with Gasteiger partial charge in [-0.2, -0.15) is 5.10 Å². The maximum absolute atomic E-state index is 9.99. The smallest absolute Gasteiger partial charge is 0.0698 e. The van der Waals surface area contributed by atoms with E-state index in [9.17, 15) is 5.11 Å².